The third-order valence-electron chi connectivity index (χ3n) is 4.65. The molecule has 0 fully saturated rings. The van der Waals surface area contributed by atoms with Crippen molar-refractivity contribution in [3.8, 4) is 0 Å². The second-order valence-corrected chi connectivity index (χ2v) is 9.01. The fraction of sp³-hybridized carbons (Fsp3) is 0.190. The van der Waals surface area contributed by atoms with Crippen LogP contribution < -0.4 is 10.6 Å². The molecule has 9 nitrogen and oxygen atoms in total. The molecule has 0 saturated heterocycles. The molecule has 0 aliphatic rings. The van der Waals surface area contributed by atoms with Crippen LogP contribution in [0.1, 0.15) is 21.7 Å². The zero-order valence-corrected chi connectivity index (χ0v) is 18.2. The van der Waals surface area contributed by atoms with Crippen molar-refractivity contribution < 1.29 is 35.7 Å². The van der Waals surface area contributed by atoms with Crippen LogP contribution in [-0.4, -0.2) is 32.3 Å². The Morgan fingerprint density at radius 3 is 2.41 bits per heavy atom. The van der Waals surface area contributed by atoms with Gasteiger partial charge in [0.2, 0.25) is 0 Å². The van der Waals surface area contributed by atoms with Crippen molar-refractivity contribution in [1.82, 2.24) is 5.32 Å². The quantitative estimate of drug-likeness (QED) is 0.259. The normalized spacial score (nSPS) is 11.7. The van der Waals surface area contributed by atoms with Gasteiger partial charge in [-0.15, -0.1) is 0 Å². The number of halogens is 3. The van der Waals surface area contributed by atoms with Crippen molar-refractivity contribution >= 4 is 27.1 Å². The first kappa shape index (κ1) is 24.8. The SMILES string of the molecule is O=C(NCCNc1ccc(C(F)(F)F)cc1[N+](=O)[O-])c1occc1CS(=O)(=O)c1ccccc1. The molecule has 2 aromatic carbocycles. The number of anilines is 1. The molecular formula is C21H18F3N3O6S. The van der Waals surface area contributed by atoms with Gasteiger partial charge in [-0.1, -0.05) is 18.2 Å². The number of nitro benzene ring substituents is 1. The molecule has 1 amide bonds. The molecular weight excluding hydrogens is 479 g/mol. The Labute approximate surface area is 191 Å². The van der Waals surface area contributed by atoms with E-state index >= 15 is 0 Å². The minimum Gasteiger partial charge on any atom is -0.459 e. The van der Waals surface area contributed by atoms with Crippen LogP contribution in [0.3, 0.4) is 0 Å². The number of hydrogen-bond acceptors (Lipinski definition) is 7. The van der Waals surface area contributed by atoms with Gasteiger partial charge < -0.3 is 15.1 Å². The number of hydrogen-bond donors (Lipinski definition) is 2. The summed E-state index contributed by atoms with van der Waals surface area (Å²) in [6, 6.07) is 11.1. The summed E-state index contributed by atoms with van der Waals surface area (Å²) < 4.78 is 68.6. The maximum Gasteiger partial charge on any atom is 0.416 e. The third kappa shape index (κ3) is 5.92. The number of nitrogens with zero attached hydrogens (tertiary/aromatic N) is 1. The van der Waals surface area contributed by atoms with E-state index in [2.05, 4.69) is 10.6 Å². The summed E-state index contributed by atoms with van der Waals surface area (Å²) in [5.74, 6) is -1.39. The second kappa shape index (κ2) is 9.95. The van der Waals surface area contributed by atoms with Crippen LogP contribution in [0.5, 0.6) is 0 Å². The van der Waals surface area contributed by atoms with E-state index in [1.54, 1.807) is 18.2 Å². The molecule has 0 spiro atoms. The van der Waals surface area contributed by atoms with E-state index in [1.165, 1.54) is 24.5 Å². The first-order valence-corrected chi connectivity index (χ1v) is 11.4. The van der Waals surface area contributed by atoms with E-state index < -0.39 is 43.8 Å². The highest BCUT2D eigenvalue weighted by atomic mass is 32.2. The summed E-state index contributed by atoms with van der Waals surface area (Å²) in [4.78, 5) is 22.7. The zero-order chi connectivity index (χ0) is 24.9. The van der Waals surface area contributed by atoms with Crippen molar-refractivity contribution in [2.45, 2.75) is 16.8 Å². The average molecular weight is 497 g/mol. The number of benzene rings is 2. The van der Waals surface area contributed by atoms with Gasteiger partial charge in [0.1, 0.15) is 5.69 Å². The molecule has 0 saturated carbocycles. The number of nitrogens with one attached hydrogen (secondary N) is 2. The highest BCUT2D eigenvalue weighted by Crippen LogP contribution is 2.34. The minimum atomic E-state index is -4.73. The van der Waals surface area contributed by atoms with Gasteiger partial charge in [-0.25, -0.2) is 8.42 Å². The molecule has 34 heavy (non-hydrogen) atoms. The van der Waals surface area contributed by atoms with Gasteiger partial charge >= 0.3 is 6.18 Å². The average Bonchev–Trinajstić information content (AvgIpc) is 3.24. The smallest absolute Gasteiger partial charge is 0.416 e. The van der Waals surface area contributed by atoms with Crippen molar-refractivity contribution in [2.24, 2.45) is 0 Å². The van der Waals surface area contributed by atoms with Gasteiger partial charge in [0.05, 0.1) is 27.4 Å². The van der Waals surface area contributed by atoms with E-state index in [4.69, 9.17) is 4.42 Å². The second-order valence-electron chi connectivity index (χ2n) is 7.02. The highest BCUT2D eigenvalue weighted by molar-refractivity contribution is 7.90. The number of alkyl halides is 3. The standard InChI is InChI=1S/C21H18F3N3O6S/c22-21(23,24)15-6-7-17(18(12-15)27(29)30)25-9-10-26-20(28)19-14(8-11-33-19)13-34(31,32)16-4-2-1-3-5-16/h1-8,11-12,25H,9-10,13H2,(H,26,28). The summed E-state index contributed by atoms with van der Waals surface area (Å²) in [5.41, 5.74) is -1.93. The lowest BCUT2D eigenvalue weighted by Gasteiger charge is -2.11. The number of amides is 1. The molecule has 0 radical (unpaired) electrons. The van der Waals surface area contributed by atoms with Crippen molar-refractivity contribution in [1.29, 1.82) is 0 Å². The molecule has 1 heterocycles. The Hall–Kier alpha value is -3.87. The zero-order valence-electron chi connectivity index (χ0n) is 17.3. The number of carbonyl (C=O) groups is 1. The molecule has 3 rings (SSSR count). The van der Waals surface area contributed by atoms with E-state index in [9.17, 15) is 36.5 Å². The first-order valence-electron chi connectivity index (χ1n) is 9.71. The van der Waals surface area contributed by atoms with Crippen LogP contribution in [-0.2, 0) is 21.8 Å². The van der Waals surface area contributed by atoms with Crippen LogP contribution in [0.4, 0.5) is 24.5 Å². The summed E-state index contributed by atoms with van der Waals surface area (Å²) in [5, 5.41) is 16.2. The Morgan fingerprint density at radius 2 is 1.76 bits per heavy atom. The molecule has 0 unspecified atom stereocenters. The monoisotopic (exact) mass is 497 g/mol. The lowest BCUT2D eigenvalue weighted by molar-refractivity contribution is -0.384. The number of furan rings is 1. The van der Waals surface area contributed by atoms with E-state index in [0.717, 1.165) is 6.07 Å². The topological polar surface area (TPSA) is 132 Å². The molecule has 1 aromatic heterocycles. The van der Waals surface area contributed by atoms with Crippen molar-refractivity contribution in [3.05, 3.63) is 87.9 Å². The Kier molecular flexibility index (Phi) is 7.25. The number of rotatable bonds is 9. The fourth-order valence-corrected chi connectivity index (χ4v) is 4.40. The number of carbonyl (C=O) groups excluding carboxylic acids is 1. The van der Waals surface area contributed by atoms with Crippen LogP contribution >= 0.6 is 0 Å². The molecule has 3 aromatic rings. The first-order chi connectivity index (χ1) is 16.0. The maximum absolute atomic E-state index is 12.8. The van der Waals surface area contributed by atoms with Crippen LogP contribution in [0.2, 0.25) is 0 Å². The van der Waals surface area contributed by atoms with Crippen molar-refractivity contribution in [3.63, 3.8) is 0 Å². The molecule has 180 valence electrons. The lowest BCUT2D eigenvalue weighted by atomic mass is 10.1. The highest BCUT2D eigenvalue weighted by Gasteiger charge is 2.33. The van der Waals surface area contributed by atoms with Gasteiger partial charge in [-0.3, -0.25) is 14.9 Å². The summed E-state index contributed by atoms with van der Waals surface area (Å²) in [6.07, 6.45) is -3.55. The molecule has 0 aliphatic heterocycles. The predicted molar refractivity (Wildman–Crippen MR) is 115 cm³/mol. The van der Waals surface area contributed by atoms with E-state index in [-0.39, 0.29) is 35.0 Å². The van der Waals surface area contributed by atoms with Gasteiger partial charge in [0, 0.05) is 24.7 Å². The van der Waals surface area contributed by atoms with E-state index in [1.807, 2.05) is 0 Å². The minimum absolute atomic E-state index is 0.0592. The lowest BCUT2D eigenvalue weighted by Crippen LogP contribution is -2.29. The largest absolute Gasteiger partial charge is 0.459 e. The summed E-state index contributed by atoms with van der Waals surface area (Å²) in [6.45, 7) is -0.140. The summed E-state index contributed by atoms with van der Waals surface area (Å²) in [7, 11) is -3.72. The third-order valence-corrected chi connectivity index (χ3v) is 6.33. The van der Waals surface area contributed by atoms with Crippen LogP contribution in [0, 0.1) is 10.1 Å². The Morgan fingerprint density at radius 1 is 1.06 bits per heavy atom. The Bertz CT molecular complexity index is 1290. The number of sulfone groups is 1. The van der Waals surface area contributed by atoms with Gasteiger partial charge in [0.15, 0.2) is 15.6 Å². The molecule has 13 heteroatoms. The molecule has 0 bridgehead atoms. The van der Waals surface area contributed by atoms with E-state index in [0.29, 0.717) is 12.1 Å². The van der Waals surface area contributed by atoms with Crippen LogP contribution in [0.15, 0.2) is 70.2 Å². The predicted octanol–water partition coefficient (Wildman–Crippen LogP) is 4.02. The van der Waals surface area contributed by atoms with Gasteiger partial charge in [-0.2, -0.15) is 13.2 Å². The molecule has 0 aliphatic carbocycles. The van der Waals surface area contributed by atoms with Gasteiger partial charge in [-0.05, 0) is 30.3 Å². The van der Waals surface area contributed by atoms with Crippen LogP contribution in [0.25, 0.3) is 0 Å². The van der Waals surface area contributed by atoms with Crippen molar-refractivity contribution in [2.75, 3.05) is 18.4 Å². The molecule has 0 atom stereocenters. The Balaban J connectivity index is 1.61. The molecule has 2 N–H and O–H groups in total. The van der Waals surface area contributed by atoms with Gasteiger partial charge in [0.25, 0.3) is 11.6 Å². The summed E-state index contributed by atoms with van der Waals surface area (Å²) >= 11 is 0. The maximum atomic E-state index is 12.8. The number of nitro groups is 1. The fourth-order valence-electron chi connectivity index (χ4n) is 3.03.